The molecule has 0 aromatic heterocycles. The van der Waals surface area contributed by atoms with Crippen molar-refractivity contribution in [3.8, 4) is 0 Å². The van der Waals surface area contributed by atoms with E-state index in [0.717, 1.165) is 27.9 Å². The van der Waals surface area contributed by atoms with E-state index in [1.165, 1.54) is 16.3 Å². The molecule has 4 aromatic rings. The number of halogens is 1. The number of hydrogen-bond acceptors (Lipinski definition) is 4. The third-order valence-corrected chi connectivity index (χ3v) is 7.48. The number of hydrogen-bond donors (Lipinski definition) is 0. The van der Waals surface area contributed by atoms with Crippen molar-refractivity contribution in [2.45, 2.75) is 12.5 Å². The van der Waals surface area contributed by atoms with Crippen molar-refractivity contribution in [1.82, 2.24) is 4.90 Å². The molecule has 0 saturated carbocycles. The number of carbonyl (C=O) groups excluding carboxylic acids is 1. The summed E-state index contributed by atoms with van der Waals surface area (Å²) in [4.78, 5) is 14.8. The zero-order chi connectivity index (χ0) is 24.5. The van der Waals surface area contributed by atoms with Gasteiger partial charge in [0.15, 0.2) is 0 Å². The summed E-state index contributed by atoms with van der Waals surface area (Å²) in [7, 11) is 0. The quantitative estimate of drug-likeness (QED) is 0.300. The highest BCUT2D eigenvalue weighted by Crippen LogP contribution is 2.39. The van der Waals surface area contributed by atoms with Crippen LogP contribution in [-0.2, 0) is 4.74 Å². The molecule has 5 nitrogen and oxygen atoms in total. The van der Waals surface area contributed by atoms with Crippen molar-refractivity contribution in [2.24, 2.45) is 5.10 Å². The van der Waals surface area contributed by atoms with Crippen molar-refractivity contribution in [1.29, 1.82) is 0 Å². The molecule has 1 atom stereocenters. The maximum Gasteiger partial charge on any atom is 0.254 e. The lowest BCUT2D eigenvalue weighted by Crippen LogP contribution is -2.40. The standard InChI is InChI=1S/C30H26BrN3O2/c31-24-12-8-22(9-13-24)28-20-29(27-7-3-5-21-4-1-2-6-26(21)27)34(32-28)25-14-10-23(11-15-25)30(35)33-16-18-36-19-17-33/h1-15,29H,16-20H2. The Morgan fingerprint density at radius 1 is 0.861 bits per heavy atom. The summed E-state index contributed by atoms with van der Waals surface area (Å²) >= 11 is 3.54. The molecular formula is C30H26BrN3O2. The van der Waals surface area contributed by atoms with Gasteiger partial charge in [-0.3, -0.25) is 9.80 Å². The molecule has 0 radical (unpaired) electrons. The van der Waals surface area contributed by atoms with E-state index in [1.54, 1.807) is 0 Å². The van der Waals surface area contributed by atoms with E-state index in [2.05, 4.69) is 87.7 Å². The van der Waals surface area contributed by atoms with E-state index in [9.17, 15) is 4.79 Å². The maximum atomic E-state index is 13.0. The Morgan fingerprint density at radius 3 is 2.36 bits per heavy atom. The Balaban J connectivity index is 1.37. The van der Waals surface area contributed by atoms with E-state index < -0.39 is 0 Å². The SMILES string of the molecule is O=C(c1ccc(N2N=C(c3ccc(Br)cc3)CC2c2cccc3ccccc23)cc1)N1CCOCC1. The fourth-order valence-electron chi connectivity index (χ4n) is 5.05. The van der Waals surface area contributed by atoms with Gasteiger partial charge < -0.3 is 9.64 Å². The second-order valence-corrected chi connectivity index (χ2v) is 10.1. The number of benzene rings is 4. The second-order valence-electron chi connectivity index (χ2n) is 9.14. The molecule has 0 spiro atoms. The summed E-state index contributed by atoms with van der Waals surface area (Å²) in [5.74, 6) is 0.0518. The minimum atomic E-state index is 0.0514. The maximum absolute atomic E-state index is 13.0. The topological polar surface area (TPSA) is 45.1 Å². The van der Waals surface area contributed by atoms with Gasteiger partial charge in [-0.25, -0.2) is 0 Å². The van der Waals surface area contributed by atoms with Gasteiger partial charge in [0, 0.05) is 29.5 Å². The van der Waals surface area contributed by atoms with Crippen LogP contribution in [-0.4, -0.2) is 42.8 Å². The fourth-order valence-corrected chi connectivity index (χ4v) is 5.32. The predicted molar refractivity (Wildman–Crippen MR) is 148 cm³/mol. The molecule has 0 aliphatic carbocycles. The molecule has 2 aliphatic heterocycles. The Hall–Kier alpha value is -3.48. The molecule has 1 amide bonds. The smallest absolute Gasteiger partial charge is 0.254 e. The van der Waals surface area contributed by atoms with Gasteiger partial charge in [0.25, 0.3) is 5.91 Å². The molecule has 0 bridgehead atoms. The van der Waals surface area contributed by atoms with E-state index in [0.29, 0.717) is 31.9 Å². The summed E-state index contributed by atoms with van der Waals surface area (Å²) in [5.41, 5.74) is 5.08. The number of nitrogens with zero attached hydrogens (tertiary/aromatic N) is 3. The molecule has 1 saturated heterocycles. The molecule has 6 rings (SSSR count). The van der Waals surface area contributed by atoms with Gasteiger partial charge in [0.2, 0.25) is 0 Å². The molecule has 2 aliphatic rings. The summed E-state index contributed by atoms with van der Waals surface area (Å²) in [6.45, 7) is 2.46. The third-order valence-electron chi connectivity index (χ3n) is 6.95. The van der Waals surface area contributed by atoms with Crippen LogP contribution in [0.2, 0.25) is 0 Å². The lowest BCUT2D eigenvalue weighted by Gasteiger charge is -2.27. The Bertz CT molecular complexity index is 1420. The highest BCUT2D eigenvalue weighted by atomic mass is 79.9. The zero-order valence-corrected chi connectivity index (χ0v) is 21.4. The monoisotopic (exact) mass is 539 g/mol. The molecule has 36 heavy (non-hydrogen) atoms. The average Bonchev–Trinajstić information content (AvgIpc) is 3.38. The first-order chi connectivity index (χ1) is 17.7. The van der Waals surface area contributed by atoms with Crippen molar-refractivity contribution in [3.63, 3.8) is 0 Å². The van der Waals surface area contributed by atoms with Crippen LogP contribution >= 0.6 is 15.9 Å². The van der Waals surface area contributed by atoms with Gasteiger partial charge in [-0.1, -0.05) is 70.5 Å². The van der Waals surface area contributed by atoms with Crippen molar-refractivity contribution >= 4 is 44.0 Å². The number of morpholine rings is 1. The first kappa shape index (κ1) is 23.0. The average molecular weight is 540 g/mol. The van der Waals surface area contributed by atoms with Gasteiger partial charge in [0.05, 0.1) is 30.7 Å². The third kappa shape index (κ3) is 4.43. The molecule has 1 unspecified atom stereocenters. The Kier molecular flexibility index (Phi) is 6.30. The van der Waals surface area contributed by atoms with E-state index in [-0.39, 0.29) is 11.9 Å². The lowest BCUT2D eigenvalue weighted by atomic mass is 9.94. The van der Waals surface area contributed by atoms with Gasteiger partial charge in [-0.05, 0) is 58.3 Å². The molecule has 4 aromatic carbocycles. The number of rotatable bonds is 4. The molecule has 0 N–H and O–H groups in total. The van der Waals surface area contributed by atoms with Crippen LogP contribution in [0.3, 0.4) is 0 Å². The summed E-state index contributed by atoms with van der Waals surface area (Å²) in [6, 6.07) is 31.2. The summed E-state index contributed by atoms with van der Waals surface area (Å²) in [5, 5.41) is 9.68. The Labute approximate surface area is 219 Å². The van der Waals surface area contributed by atoms with Crippen LogP contribution in [0.5, 0.6) is 0 Å². The van der Waals surface area contributed by atoms with Crippen molar-refractivity contribution in [2.75, 3.05) is 31.3 Å². The van der Waals surface area contributed by atoms with Gasteiger partial charge >= 0.3 is 0 Å². The largest absolute Gasteiger partial charge is 0.378 e. The minimum absolute atomic E-state index is 0.0514. The number of anilines is 1. The summed E-state index contributed by atoms with van der Waals surface area (Å²) in [6.07, 6.45) is 0.796. The first-order valence-corrected chi connectivity index (χ1v) is 13.0. The molecule has 1 fully saturated rings. The van der Waals surface area contributed by atoms with E-state index >= 15 is 0 Å². The van der Waals surface area contributed by atoms with Gasteiger partial charge in [0.1, 0.15) is 0 Å². The summed E-state index contributed by atoms with van der Waals surface area (Å²) < 4.78 is 6.44. The van der Waals surface area contributed by atoms with E-state index in [1.807, 2.05) is 29.2 Å². The number of hydrazone groups is 1. The second kappa shape index (κ2) is 9.88. The van der Waals surface area contributed by atoms with Crippen LogP contribution in [0, 0.1) is 0 Å². The number of ether oxygens (including phenoxy) is 1. The molecule has 180 valence electrons. The van der Waals surface area contributed by atoms with Crippen molar-refractivity contribution in [3.05, 3.63) is 112 Å². The van der Waals surface area contributed by atoms with Gasteiger partial charge in [-0.2, -0.15) is 5.10 Å². The zero-order valence-electron chi connectivity index (χ0n) is 19.8. The number of carbonyl (C=O) groups is 1. The van der Waals surface area contributed by atoms with Gasteiger partial charge in [-0.15, -0.1) is 0 Å². The predicted octanol–water partition coefficient (Wildman–Crippen LogP) is 6.43. The van der Waals surface area contributed by atoms with Crippen LogP contribution in [0.15, 0.2) is 101 Å². The van der Waals surface area contributed by atoms with Crippen LogP contribution < -0.4 is 5.01 Å². The number of fused-ring (bicyclic) bond motifs is 1. The van der Waals surface area contributed by atoms with Crippen LogP contribution in [0.25, 0.3) is 10.8 Å². The van der Waals surface area contributed by atoms with Crippen LogP contribution in [0.4, 0.5) is 5.69 Å². The first-order valence-electron chi connectivity index (χ1n) is 12.2. The van der Waals surface area contributed by atoms with E-state index in [4.69, 9.17) is 9.84 Å². The Morgan fingerprint density at radius 2 is 1.58 bits per heavy atom. The minimum Gasteiger partial charge on any atom is -0.378 e. The molecule has 2 heterocycles. The normalized spacial score (nSPS) is 17.9. The van der Waals surface area contributed by atoms with Crippen LogP contribution in [0.1, 0.15) is 33.9 Å². The lowest BCUT2D eigenvalue weighted by molar-refractivity contribution is 0.0303. The van der Waals surface area contributed by atoms with Crippen molar-refractivity contribution < 1.29 is 9.53 Å². The highest BCUT2D eigenvalue weighted by Gasteiger charge is 2.31. The molecule has 6 heteroatoms. The number of amides is 1. The fraction of sp³-hybridized carbons (Fsp3) is 0.200. The molecular weight excluding hydrogens is 514 g/mol. The highest BCUT2D eigenvalue weighted by molar-refractivity contribution is 9.10.